The summed E-state index contributed by atoms with van der Waals surface area (Å²) in [5.41, 5.74) is 0.960. The van der Waals surface area contributed by atoms with Crippen LogP contribution < -0.4 is 0 Å². The molecule has 0 unspecified atom stereocenters. The summed E-state index contributed by atoms with van der Waals surface area (Å²) in [7, 11) is 0. The molecule has 1 aromatic carbocycles. The van der Waals surface area contributed by atoms with Crippen molar-refractivity contribution < 1.29 is 4.79 Å². The molecule has 3 rings (SSSR count). The highest BCUT2D eigenvalue weighted by Crippen LogP contribution is 2.28. The predicted octanol–water partition coefficient (Wildman–Crippen LogP) is 3.73. The van der Waals surface area contributed by atoms with Crippen LogP contribution in [0.25, 0.3) is 11.4 Å². The predicted molar refractivity (Wildman–Crippen MR) is 95.3 cm³/mol. The van der Waals surface area contributed by atoms with Gasteiger partial charge >= 0.3 is 0 Å². The van der Waals surface area contributed by atoms with E-state index >= 15 is 0 Å². The van der Waals surface area contributed by atoms with Gasteiger partial charge in [-0.15, -0.1) is 5.10 Å². The fraction of sp³-hybridized carbons (Fsp3) is 0.438. The quantitative estimate of drug-likeness (QED) is 0.802. The van der Waals surface area contributed by atoms with Crippen LogP contribution in [-0.4, -0.2) is 44.3 Å². The number of likely N-dealkylation sites (tertiary alicyclic amines) is 1. The summed E-state index contributed by atoms with van der Waals surface area (Å²) in [6.07, 6.45) is 3.44. The number of rotatable bonds is 4. The van der Waals surface area contributed by atoms with Gasteiger partial charge in [0.1, 0.15) is 0 Å². The number of thioether (sulfide) groups is 1. The van der Waals surface area contributed by atoms with E-state index in [0.717, 1.165) is 36.0 Å². The van der Waals surface area contributed by atoms with E-state index in [-0.39, 0.29) is 11.2 Å². The van der Waals surface area contributed by atoms with Crippen LogP contribution in [0, 0.1) is 0 Å². The van der Waals surface area contributed by atoms with E-state index in [1.807, 2.05) is 36.1 Å². The Morgan fingerprint density at radius 3 is 2.78 bits per heavy atom. The first kappa shape index (κ1) is 16.5. The summed E-state index contributed by atoms with van der Waals surface area (Å²) in [5, 5.41) is 7.62. The van der Waals surface area contributed by atoms with Gasteiger partial charge in [-0.3, -0.25) is 9.89 Å². The van der Waals surface area contributed by atoms with Crippen molar-refractivity contribution in [2.45, 2.75) is 36.6 Å². The number of carbonyl (C=O) groups is 1. The highest BCUT2D eigenvalue weighted by Gasteiger charge is 2.24. The number of hydrogen-bond acceptors (Lipinski definition) is 4. The molecule has 1 aliphatic heterocycles. The topological polar surface area (TPSA) is 61.9 Å². The Morgan fingerprint density at radius 2 is 2.04 bits per heavy atom. The number of nitrogens with zero attached hydrogens (tertiary/aromatic N) is 3. The van der Waals surface area contributed by atoms with Crippen molar-refractivity contribution in [2.75, 3.05) is 13.1 Å². The van der Waals surface area contributed by atoms with Gasteiger partial charge in [0.25, 0.3) is 0 Å². The van der Waals surface area contributed by atoms with E-state index in [1.165, 1.54) is 18.2 Å². The van der Waals surface area contributed by atoms with Gasteiger partial charge in [-0.25, -0.2) is 4.98 Å². The third-order valence-electron chi connectivity index (χ3n) is 3.89. The largest absolute Gasteiger partial charge is 0.342 e. The molecule has 1 saturated heterocycles. The number of benzene rings is 1. The SMILES string of the molecule is C[C@H](Sc1n[nH]c(-c2ccccc2Br)n1)C(=O)N1CCCCC1. The maximum absolute atomic E-state index is 12.5. The zero-order chi connectivity index (χ0) is 16.2. The van der Waals surface area contributed by atoms with Crippen molar-refractivity contribution in [2.24, 2.45) is 0 Å². The molecule has 0 saturated carbocycles. The van der Waals surface area contributed by atoms with Gasteiger partial charge in [0.15, 0.2) is 5.82 Å². The van der Waals surface area contributed by atoms with E-state index in [4.69, 9.17) is 0 Å². The van der Waals surface area contributed by atoms with Crippen LogP contribution in [0.1, 0.15) is 26.2 Å². The number of piperidine rings is 1. The number of hydrogen-bond donors (Lipinski definition) is 1. The third-order valence-corrected chi connectivity index (χ3v) is 5.53. The van der Waals surface area contributed by atoms with E-state index in [1.54, 1.807) is 0 Å². The fourth-order valence-electron chi connectivity index (χ4n) is 2.65. The number of H-pyrrole nitrogens is 1. The lowest BCUT2D eigenvalue weighted by Crippen LogP contribution is -2.40. The molecule has 0 bridgehead atoms. The minimum Gasteiger partial charge on any atom is -0.342 e. The van der Waals surface area contributed by atoms with Crippen LogP contribution >= 0.6 is 27.7 Å². The first-order valence-corrected chi connectivity index (χ1v) is 9.45. The van der Waals surface area contributed by atoms with Crippen LogP contribution in [-0.2, 0) is 4.79 Å². The lowest BCUT2D eigenvalue weighted by Gasteiger charge is -2.28. The van der Waals surface area contributed by atoms with Gasteiger partial charge < -0.3 is 4.90 Å². The minimum absolute atomic E-state index is 0.170. The number of aromatic amines is 1. The number of nitrogens with one attached hydrogen (secondary N) is 1. The second kappa shape index (κ2) is 7.49. The van der Waals surface area contributed by atoms with Crippen molar-refractivity contribution in [3.63, 3.8) is 0 Å². The Bertz CT molecular complexity index is 684. The average Bonchev–Trinajstić information content (AvgIpc) is 3.03. The average molecular weight is 395 g/mol. The van der Waals surface area contributed by atoms with Crippen molar-refractivity contribution in [1.29, 1.82) is 0 Å². The second-order valence-electron chi connectivity index (χ2n) is 5.59. The molecule has 1 atom stereocenters. The van der Waals surface area contributed by atoms with E-state index in [0.29, 0.717) is 11.0 Å². The molecule has 0 aliphatic carbocycles. The number of halogens is 1. The van der Waals surface area contributed by atoms with Gasteiger partial charge in [-0.05, 0) is 32.3 Å². The molecule has 1 aromatic heterocycles. The first-order valence-electron chi connectivity index (χ1n) is 7.78. The van der Waals surface area contributed by atoms with Crippen LogP contribution in [0.2, 0.25) is 0 Å². The molecule has 7 heteroatoms. The van der Waals surface area contributed by atoms with Gasteiger partial charge in [0.2, 0.25) is 11.1 Å². The minimum atomic E-state index is -0.170. The number of aromatic nitrogens is 3. The molecule has 2 aromatic rings. The van der Waals surface area contributed by atoms with Gasteiger partial charge in [0, 0.05) is 23.1 Å². The molecule has 0 radical (unpaired) electrons. The molecular weight excluding hydrogens is 376 g/mol. The van der Waals surface area contributed by atoms with Gasteiger partial charge in [0.05, 0.1) is 5.25 Å². The standard InChI is InChI=1S/C16H19BrN4OS/c1-11(15(22)21-9-5-2-6-10-21)23-16-18-14(19-20-16)12-7-3-4-8-13(12)17/h3-4,7-8,11H,2,5-6,9-10H2,1H3,(H,18,19,20)/t11-/m0/s1. The van der Waals surface area contributed by atoms with Crippen LogP contribution in [0.4, 0.5) is 0 Å². The summed E-state index contributed by atoms with van der Waals surface area (Å²) < 4.78 is 0.963. The Morgan fingerprint density at radius 1 is 1.30 bits per heavy atom. The highest BCUT2D eigenvalue weighted by atomic mass is 79.9. The molecule has 1 fully saturated rings. The molecule has 0 spiro atoms. The van der Waals surface area contributed by atoms with Crippen LogP contribution in [0.5, 0.6) is 0 Å². The third kappa shape index (κ3) is 3.95. The molecule has 1 aliphatic rings. The van der Waals surface area contributed by atoms with Crippen LogP contribution in [0.3, 0.4) is 0 Å². The summed E-state index contributed by atoms with van der Waals surface area (Å²) in [4.78, 5) is 18.9. The monoisotopic (exact) mass is 394 g/mol. The normalized spacial score (nSPS) is 16.3. The van der Waals surface area contributed by atoms with Crippen molar-refractivity contribution >= 4 is 33.6 Å². The number of amides is 1. The first-order chi connectivity index (χ1) is 11.1. The molecular formula is C16H19BrN4OS. The molecule has 122 valence electrons. The second-order valence-corrected chi connectivity index (χ2v) is 7.75. The fourth-order valence-corrected chi connectivity index (χ4v) is 3.93. The van der Waals surface area contributed by atoms with Gasteiger partial charge in [-0.1, -0.05) is 45.9 Å². The van der Waals surface area contributed by atoms with Crippen molar-refractivity contribution in [3.05, 3.63) is 28.7 Å². The smallest absolute Gasteiger partial charge is 0.235 e. The van der Waals surface area contributed by atoms with Crippen LogP contribution in [0.15, 0.2) is 33.9 Å². The molecule has 1 N–H and O–H groups in total. The maximum atomic E-state index is 12.5. The Hall–Kier alpha value is -1.34. The van der Waals surface area contributed by atoms with Crippen molar-refractivity contribution in [1.82, 2.24) is 20.1 Å². The Balaban J connectivity index is 1.66. The van der Waals surface area contributed by atoms with Gasteiger partial charge in [-0.2, -0.15) is 0 Å². The molecule has 5 nitrogen and oxygen atoms in total. The zero-order valence-electron chi connectivity index (χ0n) is 13.0. The van der Waals surface area contributed by atoms with E-state index < -0.39 is 0 Å². The lowest BCUT2D eigenvalue weighted by atomic mass is 10.1. The lowest BCUT2D eigenvalue weighted by molar-refractivity contribution is -0.131. The van der Waals surface area contributed by atoms with Crippen molar-refractivity contribution in [3.8, 4) is 11.4 Å². The summed E-state index contributed by atoms with van der Waals surface area (Å²) in [6.45, 7) is 3.68. The summed E-state index contributed by atoms with van der Waals surface area (Å²) in [5.74, 6) is 0.888. The maximum Gasteiger partial charge on any atom is 0.235 e. The molecule has 23 heavy (non-hydrogen) atoms. The Kier molecular flexibility index (Phi) is 5.38. The zero-order valence-corrected chi connectivity index (χ0v) is 15.4. The molecule has 2 heterocycles. The molecule has 1 amide bonds. The van der Waals surface area contributed by atoms with E-state index in [9.17, 15) is 4.79 Å². The van der Waals surface area contributed by atoms with E-state index in [2.05, 4.69) is 31.1 Å². The number of carbonyl (C=O) groups excluding carboxylic acids is 1. The summed E-state index contributed by atoms with van der Waals surface area (Å²) >= 11 is 4.92. The highest BCUT2D eigenvalue weighted by molar-refractivity contribution is 9.10. The Labute approximate surface area is 148 Å². The summed E-state index contributed by atoms with van der Waals surface area (Å²) in [6, 6.07) is 7.85.